The Hall–Kier alpha value is -6.44. The molecule has 660 valence electrons. The average Bonchev–Trinajstić information content (AvgIpc) is 1.63. The van der Waals surface area contributed by atoms with Gasteiger partial charge in [0.25, 0.3) is 0 Å². The second-order valence-corrected chi connectivity index (χ2v) is 42.0. The Kier molecular flexibility index (Phi) is 28.4. The molecule has 15 aliphatic rings. The van der Waals surface area contributed by atoms with Crippen molar-refractivity contribution in [2.24, 2.45) is 71.0 Å². The highest BCUT2D eigenvalue weighted by Crippen LogP contribution is 2.54. The molecule has 7 aromatic carbocycles. The van der Waals surface area contributed by atoms with E-state index in [0.29, 0.717) is 46.6 Å². The fraction of sp³-hybridized carbons (Fsp3) is 0.604. The smallest absolute Gasteiger partial charge is 0.142 e. The highest BCUT2D eigenvalue weighted by molar-refractivity contribution is 6.30. The maximum Gasteiger partial charge on any atom is 0.142 e. The number of hydrogen-bond donors (Lipinski definition) is 0. The number of methoxy groups -OCH3 is 2. The molecule has 12 heteroatoms. The summed E-state index contributed by atoms with van der Waals surface area (Å²) >= 11 is 6.10. The lowest BCUT2D eigenvalue weighted by Crippen LogP contribution is -2.43. The number of halogens is 4. The number of fused-ring (bicyclic) bond motifs is 10. The highest BCUT2D eigenvalue weighted by Gasteiger charge is 2.48. The normalized spacial score (nSPS) is 30.5. The van der Waals surface area contributed by atoms with Crippen molar-refractivity contribution in [3.05, 3.63) is 219 Å². The summed E-state index contributed by atoms with van der Waals surface area (Å²) in [5.41, 5.74) is 12.0. The molecule has 10 aliphatic carbocycles. The molecule has 14 fully saturated rings. The molecule has 0 amide bonds. The van der Waals surface area contributed by atoms with Gasteiger partial charge in [-0.1, -0.05) is 159 Å². The number of rotatable bonds is 19. The number of ether oxygens (including phenoxy) is 3. The van der Waals surface area contributed by atoms with Gasteiger partial charge >= 0.3 is 0 Å². The number of nitrogens with zero attached hydrogens (tertiary/aromatic N) is 5. The van der Waals surface area contributed by atoms with Crippen molar-refractivity contribution in [1.82, 2.24) is 24.5 Å². The summed E-state index contributed by atoms with van der Waals surface area (Å²) in [5, 5.41) is 0.576. The van der Waals surface area contributed by atoms with Crippen molar-refractivity contribution in [3.63, 3.8) is 0 Å². The molecular formula is C111H145ClF3N5O3. The summed E-state index contributed by atoms with van der Waals surface area (Å²) in [6, 6.07) is 53.5. The van der Waals surface area contributed by atoms with Crippen molar-refractivity contribution >= 4 is 11.6 Å². The fourth-order valence-electron chi connectivity index (χ4n) is 27.8. The molecule has 5 aliphatic heterocycles. The molecule has 0 N–H and O–H groups in total. The molecule has 7 aromatic rings. The van der Waals surface area contributed by atoms with Gasteiger partial charge in [-0.25, -0.2) is 13.2 Å². The number of para-hydroxylation sites is 1. The number of benzene rings is 7. The summed E-state index contributed by atoms with van der Waals surface area (Å²) in [6.45, 7) is 21.7. The third kappa shape index (κ3) is 20.4. The molecule has 22 rings (SSSR count). The van der Waals surface area contributed by atoms with Crippen molar-refractivity contribution in [2.75, 3.05) is 99.4 Å². The minimum atomic E-state index is -1.32. The molecule has 5 saturated heterocycles. The van der Waals surface area contributed by atoms with Gasteiger partial charge in [-0.3, -0.25) is 0 Å². The molecule has 0 radical (unpaired) electrons. The SMILES string of the molecule is CCCOc1ccccc1C1CCN([C@H]2C[C@H]3CC[C@H]2C3)CC1.COc1ccc(-c2ccc(F)cc2F)cc1C1CCN([C@H]2C[C@H]3CC[C@H]2C3)CC1.COc1ccc(Cl)cc1C1(F)CCN(C[C@H]2C[C@H]3CC[C@H]2C3)CC1.Cc1ccc(-c2ccccc2C2CCN([C@H]3C[C@H]4CC[C@H]3C4)CC2)cc1.Cc1ccccc1C1CCN(CC2C[C@H]3C=C[C@H]2C3)CC1. The average molecular weight is 1690 g/mol. The second-order valence-electron chi connectivity index (χ2n) is 41.6. The minimum Gasteiger partial charge on any atom is -0.496 e. The second kappa shape index (κ2) is 40.1. The van der Waals surface area contributed by atoms with E-state index in [4.69, 9.17) is 25.8 Å². The number of allylic oxidation sites excluding steroid dienone is 2. The van der Waals surface area contributed by atoms with Crippen LogP contribution in [-0.2, 0) is 5.67 Å². The van der Waals surface area contributed by atoms with Crippen LogP contribution < -0.4 is 14.2 Å². The molecule has 9 saturated carbocycles. The first-order valence-electron chi connectivity index (χ1n) is 49.6. The largest absolute Gasteiger partial charge is 0.496 e. The molecule has 5 heterocycles. The van der Waals surface area contributed by atoms with Crippen LogP contribution >= 0.6 is 11.6 Å². The van der Waals surface area contributed by atoms with Crippen LogP contribution in [0.5, 0.6) is 17.2 Å². The van der Waals surface area contributed by atoms with Crippen LogP contribution in [0.15, 0.2) is 164 Å². The topological polar surface area (TPSA) is 43.9 Å². The van der Waals surface area contributed by atoms with E-state index in [1.807, 2.05) is 18.2 Å². The Morgan fingerprint density at radius 1 is 0.407 bits per heavy atom. The van der Waals surface area contributed by atoms with Crippen molar-refractivity contribution in [1.29, 1.82) is 0 Å². The number of hydrogen-bond acceptors (Lipinski definition) is 8. The van der Waals surface area contributed by atoms with Gasteiger partial charge in [0.1, 0.15) is 34.6 Å². The number of aryl methyl sites for hydroxylation is 2. The summed E-state index contributed by atoms with van der Waals surface area (Å²) in [5.74, 6) is 15.8. The monoisotopic (exact) mass is 1690 g/mol. The van der Waals surface area contributed by atoms with Crippen LogP contribution in [0.2, 0.25) is 5.02 Å². The summed E-state index contributed by atoms with van der Waals surface area (Å²) in [4.78, 5) is 13.6. The zero-order chi connectivity index (χ0) is 84.1. The van der Waals surface area contributed by atoms with E-state index in [-0.39, 0.29) is 0 Å². The van der Waals surface area contributed by atoms with Crippen LogP contribution in [-0.4, -0.2) is 142 Å². The summed E-state index contributed by atoms with van der Waals surface area (Å²) in [7, 11) is 3.29. The molecule has 123 heavy (non-hydrogen) atoms. The van der Waals surface area contributed by atoms with Gasteiger partial charge in [0.2, 0.25) is 0 Å². The van der Waals surface area contributed by atoms with Gasteiger partial charge < -0.3 is 38.7 Å². The zero-order valence-electron chi connectivity index (χ0n) is 75.2. The maximum atomic E-state index is 15.6. The van der Waals surface area contributed by atoms with Crippen LogP contribution in [0.4, 0.5) is 13.2 Å². The quantitative estimate of drug-likeness (QED) is 0.0742. The predicted molar refractivity (Wildman–Crippen MR) is 499 cm³/mol. The molecule has 0 spiro atoms. The third-order valence-corrected chi connectivity index (χ3v) is 34.6. The van der Waals surface area contributed by atoms with Gasteiger partial charge in [0.05, 0.1) is 20.8 Å². The molecular weight excluding hydrogens is 1540 g/mol. The van der Waals surface area contributed by atoms with E-state index in [2.05, 4.69) is 154 Å². The molecule has 0 aromatic heterocycles. The van der Waals surface area contributed by atoms with Crippen LogP contribution in [0, 0.1) is 96.5 Å². The van der Waals surface area contributed by atoms with Gasteiger partial charge in [0.15, 0.2) is 0 Å². The van der Waals surface area contributed by atoms with Crippen LogP contribution in [0.25, 0.3) is 22.3 Å². The van der Waals surface area contributed by atoms with E-state index in [1.165, 1.54) is 246 Å². The summed E-state index contributed by atoms with van der Waals surface area (Å²) in [6.07, 6.45) is 43.7. The van der Waals surface area contributed by atoms with E-state index in [9.17, 15) is 8.78 Å². The van der Waals surface area contributed by atoms with Crippen LogP contribution in [0.1, 0.15) is 256 Å². The standard InChI is InChI=1S/C25H29F2NO.C25H31N.C21H31NO.C20H27ClFNO.C20H27N/c1-29-25-7-4-18(21-6-5-20(26)15-23(21)27)14-22(25)17-8-10-28(11-9-17)24-13-16-2-3-19(24)12-16;1-18-6-9-20(10-7-18)23-4-2-3-5-24(23)21-12-14-26(15-13-21)25-17-19-8-11-22(25)16-19;1-2-13-23-21-6-4-3-5-19(21)17-9-11-22(12-10-17)20-15-16-7-8-18(20)14-16;1-24-19-5-4-17(21)12-18(19)20(22)6-8-23(9-7-20)13-16-11-14-2-3-15(16)10-14;1-15-4-2-3-5-20(15)17-8-10-21(11-9-17)14-19-13-16-6-7-18(19)12-16/h4-7,14-17,19,24H,2-3,8-13H2,1H3;2-7,9-10,19,21-22,25H,8,11-17H2,1H3;3-6,16-18,20H,2,7-15H2,1H3;4-5,12,14-16H,2-3,6-11,13H2,1H3;2-7,16-19H,8-14H2,1H3/t16-,19-,24-;19-,22-,25-;16-,18-,20-;14-,15-,16+;16-,18-,19?/m00000/s1. The van der Waals surface area contributed by atoms with Gasteiger partial charge in [-0.15, -0.1) is 0 Å². The number of likely N-dealkylation sites (tertiary alicyclic amines) is 5. The molecule has 1 unspecified atom stereocenters. The van der Waals surface area contributed by atoms with Crippen molar-refractivity contribution < 1.29 is 27.4 Å². The fourth-order valence-corrected chi connectivity index (χ4v) is 28.0. The Bertz CT molecular complexity index is 4630. The van der Waals surface area contributed by atoms with E-state index < -0.39 is 17.3 Å². The van der Waals surface area contributed by atoms with E-state index >= 15 is 4.39 Å². The van der Waals surface area contributed by atoms with Gasteiger partial charge in [-0.2, -0.15) is 0 Å². The molecule has 8 nitrogen and oxygen atoms in total. The molecule has 10 bridgehead atoms. The Labute approximate surface area is 742 Å². The Balaban J connectivity index is 0.000000105. The number of alkyl halides is 1. The highest BCUT2D eigenvalue weighted by atomic mass is 35.5. The first kappa shape index (κ1) is 87.3. The van der Waals surface area contributed by atoms with Gasteiger partial charge in [-0.05, 0) is 414 Å². The first-order chi connectivity index (χ1) is 60.1. The van der Waals surface area contributed by atoms with E-state index in [1.54, 1.807) is 43.5 Å². The van der Waals surface area contributed by atoms with Crippen LogP contribution in [0.3, 0.4) is 0 Å². The Morgan fingerprint density at radius 3 is 1.44 bits per heavy atom. The molecule has 15 atom stereocenters. The van der Waals surface area contributed by atoms with Crippen molar-refractivity contribution in [2.45, 2.75) is 254 Å². The maximum absolute atomic E-state index is 15.6. The lowest BCUT2D eigenvalue weighted by molar-refractivity contribution is 0.0424. The minimum absolute atomic E-state index is 0.420. The first-order valence-corrected chi connectivity index (χ1v) is 49.9. The Morgan fingerprint density at radius 2 is 0.911 bits per heavy atom. The van der Waals surface area contributed by atoms with Crippen molar-refractivity contribution in [3.8, 4) is 39.5 Å². The predicted octanol–water partition coefficient (Wildman–Crippen LogP) is 26.3. The van der Waals surface area contributed by atoms with Gasteiger partial charge in [0, 0.05) is 66.5 Å². The zero-order valence-corrected chi connectivity index (χ0v) is 76.0. The van der Waals surface area contributed by atoms with E-state index in [0.717, 1.165) is 182 Å². The third-order valence-electron chi connectivity index (χ3n) is 34.4. The summed E-state index contributed by atoms with van der Waals surface area (Å²) < 4.78 is 60.2. The lowest BCUT2D eigenvalue weighted by Gasteiger charge is -2.40. The number of piperidine rings is 5. The lowest BCUT2D eigenvalue weighted by atomic mass is 9.83.